The minimum Gasteiger partial charge on any atom is -0.295 e. The van der Waals surface area contributed by atoms with E-state index in [0.29, 0.717) is 21.7 Å². The quantitative estimate of drug-likeness (QED) is 0.722. The number of hydrogen-bond acceptors (Lipinski definition) is 1. The van der Waals surface area contributed by atoms with Gasteiger partial charge in [-0.05, 0) is 31.2 Å². The van der Waals surface area contributed by atoms with Gasteiger partial charge >= 0.3 is 0 Å². The molecule has 0 fully saturated rings. The summed E-state index contributed by atoms with van der Waals surface area (Å²) >= 11 is 6.01. The molecule has 17 heavy (non-hydrogen) atoms. The summed E-state index contributed by atoms with van der Waals surface area (Å²) in [6.07, 6.45) is 0. The minimum absolute atomic E-state index is 0.0988. The zero-order chi connectivity index (χ0) is 12.4. The molecular formula is C14H10ClFO. The topological polar surface area (TPSA) is 17.1 Å². The van der Waals surface area contributed by atoms with E-state index in [0.717, 1.165) is 0 Å². The molecule has 0 atom stereocenters. The van der Waals surface area contributed by atoms with Crippen molar-refractivity contribution in [3.63, 3.8) is 0 Å². The maximum atomic E-state index is 13.7. The Balaban J connectivity index is 2.63. The number of halogens is 2. The second-order valence-corrected chi connectivity index (χ2v) is 4.14. The summed E-state index contributed by atoms with van der Waals surface area (Å²) in [5, 5.41) is 0.465. The summed E-state index contributed by atoms with van der Waals surface area (Å²) in [5.74, 6) is -0.485. The summed E-state index contributed by atoms with van der Waals surface area (Å²) in [6.45, 7) is 1.45. The molecule has 2 rings (SSSR count). The van der Waals surface area contributed by atoms with Gasteiger partial charge in [0.1, 0.15) is 5.82 Å². The number of rotatable bonds is 2. The molecule has 0 amide bonds. The Bertz CT molecular complexity index is 578. The summed E-state index contributed by atoms with van der Waals surface area (Å²) in [5.41, 5.74) is 1.42. The van der Waals surface area contributed by atoms with Gasteiger partial charge in [-0.15, -0.1) is 0 Å². The zero-order valence-corrected chi connectivity index (χ0v) is 9.96. The van der Waals surface area contributed by atoms with Crippen molar-refractivity contribution in [3.8, 4) is 11.1 Å². The van der Waals surface area contributed by atoms with Gasteiger partial charge in [0.05, 0.1) is 0 Å². The average Bonchev–Trinajstić information content (AvgIpc) is 2.30. The normalized spacial score (nSPS) is 10.3. The third-order valence-corrected chi connectivity index (χ3v) is 2.87. The lowest BCUT2D eigenvalue weighted by atomic mass is 10.0. The first-order valence-corrected chi connectivity index (χ1v) is 5.53. The van der Waals surface area contributed by atoms with E-state index in [2.05, 4.69) is 0 Å². The van der Waals surface area contributed by atoms with Crippen molar-refractivity contribution >= 4 is 17.4 Å². The molecule has 0 aliphatic rings. The third kappa shape index (κ3) is 2.37. The van der Waals surface area contributed by atoms with Crippen molar-refractivity contribution in [1.29, 1.82) is 0 Å². The number of benzene rings is 2. The maximum absolute atomic E-state index is 13.7. The van der Waals surface area contributed by atoms with Gasteiger partial charge in [-0.2, -0.15) is 0 Å². The first kappa shape index (κ1) is 11.8. The number of Topliss-reactive ketones (excluding diaryl/α,β-unsaturated/α-hetero) is 1. The molecule has 0 saturated heterocycles. The Morgan fingerprint density at radius 1 is 1.12 bits per heavy atom. The minimum atomic E-state index is -0.386. The van der Waals surface area contributed by atoms with E-state index < -0.39 is 0 Å². The molecule has 2 aromatic carbocycles. The van der Waals surface area contributed by atoms with Crippen molar-refractivity contribution < 1.29 is 9.18 Å². The molecule has 0 radical (unpaired) electrons. The second-order valence-electron chi connectivity index (χ2n) is 3.73. The van der Waals surface area contributed by atoms with E-state index >= 15 is 0 Å². The predicted octanol–water partition coefficient (Wildman–Crippen LogP) is 4.35. The Morgan fingerprint density at radius 3 is 2.47 bits per heavy atom. The molecule has 0 saturated carbocycles. The monoisotopic (exact) mass is 248 g/mol. The van der Waals surface area contributed by atoms with Crippen LogP contribution >= 0.6 is 11.6 Å². The van der Waals surface area contributed by atoms with E-state index in [4.69, 9.17) is 11.6 Å². The van der Waals surface area contributed by atoms with Gasteiger partial charge in [0.15, 0.2) is 5.78 Å². The van der Waals surface area contributed by atoms with Crippen LogP contribution in [0, 0.1) is 5.82 Å². The fraction of sp³-hybridized carbons (Fsp3) is 0.0714. The molecule has 1 nitrogen and oxygen atoms in total. The standard InChI is InChI=1S/C14H10ClFO/c1-9(17)10-6-7-14(16)12(8-10)11-4-2-3-5-13(11)15/h2-8H,1H3. The molecular weight excluding hydrogens is 239 g/mol. The smallest absolute Gasteiger partial charge is 0.159 e. The van der Waals surface area contributed by atoms with E-state index in [1.165, 1.54) is 25.1 Å². The van der Waals surface area contributed by atoms with Crippen molar-refractivity contribution in [1.82, 2.24) is 0 Å². The van der Waals surface area contributed by atoms with Crippen LogP contribution in [0.2, 0.25) is 5.02 Å². The van der Waals surface area contributed by atoms with Crippen LogP contribution in [0.25, 0.3) is 11.1 Å². The Morgan fingerprint density at radius 2 is 1.82 bits per heavy atom. The highest BCUT2D eigenvalue weighted by atomic mass is 35.5. The molecule has 0 bridgehead atoms. The second kappa shape index (κ2) is 4.68. The fourth-order valence-corrected chi connectivity index (χ4v) is 1.87. The van der Waals surface area contributed by atoms with Crippen molar-refractivity contribution in [2.24, 2.45) is 0 Å². The van der Waals surface area contributed by atoms with Gasteiger partial charge < -0.3 is 0 Å². The SMILES string of the molecule is CC(=O)c1ccc(F)c(-c2ccccc2Cl)c1. The van der Waals surface area contributed by atoms with Gasteiger partial charge in [-0.3, -0.25) is 4.79 Å². The molecule has 0 N–H and O–H groups in total. The number of ketones is 1. The van der Waals surface area contributed by atoms with Crippen molar-refractivity contribution in [2.45, 2.75) is 6.92 Å². The highest BCUT2D eigenvalue weighted by Crippen LogP contribution is 2.30. The third-order valence-electron chi connectivity index (χ3n) is 2.54. The molecule has 0 aromatic heterocycles. The Labute approximate surface area is 104 Å². The van der Waals surface area contributed by atoms with E-state index in [-0.39, 0.29) is 11.6 Å². The van der Waals surface area contributed by atoms with Crippen LogP contribution in [0.3, 0.4) is 0 Å². The first-order valence-electron chi connectivity index (χ1n) is 5.15. The average molecular weight is 249 g/mol. The maximum Gasteiger partial charge on any atom is 0.159 e. The Kier molecular flexibility index (Phi) is 3.25. The van der Waals surface area contributed by atoms with Crippen molar-refractivity contribution in [3.05, 3.63) is 58.9 Å². The first-order chi connectivity index (χ1) is 8.09. The molecule has 0 aliphatic heterocycles. The van der Waals surface area contributed by atoms with Crippen molar-refractivity contribution in [2.75, 3.05) is 0 Å². The number of carbonyl (C=O) groups excluding carboxylic acids is 1. The molecule has 0 unspecified atom stereocenters. The van der Waals surface area contributed by atoms with E-state index in [1.807, 2.05) is 0 Å². The van der Waals surface area contributed by atoms with E-state index in [1.54, 1.807) is 24.3 Å². The lowest BCUT2D eigenvalue weighted by molar-refractivity contribution is 0.101. The van der Waals surface area contributed by atoms with Crippen LogP contribution in [0.1, 0.15) is 17.3 Å². The van der Waals surface area contributed by atoms with Gasteiger partial charge in [-0.1, -0.05) is 29.8 Å². The molecule has 0 aliphatic carbocycles. The number of hydrogen-bond donors (Lipinski definition) is 0. The van der Waals surface area contributed by atoms with Gasteiger partial charge in [0, 0.05) is 21.7 Å². The van der Waals surface area contributed by atoms with Crippen LogP contribution in [0.5, 0.6) is 0 Å². The molecule has 2 aromatic rings. The van der Waals surface area contributed by atoms with Gasteiger partial charge in [0.2, 0.25) is 0 Å². The fourth-order valence-electron chi connectivity index (χ4n) is 1.63. The van der Waals surface area contributed by atoms with Crippen LogP contribution in [-0.4, -0.2) is 5.78 Å². The van der Waals surface area contributed by atoms with Crippen LogP contribution in [0.4, 0.5) is 4.39 Å². The highest BCUT2D eigenvalue weighted by molar-refractivity contribution is 6.33. The largest absolute Gasteiger partial charge is 0.295 e. The molecule has 0 spiro atoms. The lowest BCUT2D eigenvalue weighted by Gasteiger charge is -2.07. The predicted molar refractivity (Wildman–Crippen MR) is 66.9 cm³/mol. The van der Waals surface area contributed by atoms with Crippen LogP contribution < -0.4 is 0 Å². The summed E-state index contributed by atoms with van der Waals surface area (Å²) in [7, 11) is 0. The lowest BCUT2D eigenvalue weighted by Crippen LogP contribution is -1.94. The molecule has 86 valence electrons. The van der Waals surface area contributed by atoms with E-state index in [9.17, 15) is 9.18 Å². The molecule has 3 heteroatoms. The van der Waals surface area contributed by atoms with Gasteiger partial charge in [-0.25, -0.2) is 4.39 Å². The Hall–Kier alpha value is -1.67. The summed E-state index contributed by atoms with van der Waals surface area (Å²) < 4.78 is 13.7. The zero-order valence-electron chi connectivity index (χ0n) is 9.21. The van der Waals surface area contributed by atoms with Crippen LogP contribution in [0.15, 0.2) is 42.5 Å². The summed E-state index contributed by atoms with van der Waals surface area (Å²) in [6, 6.07) is 11.3. The summed E-state index contributed by atoms with van der Waals surface area (Å²) in [4.78, 5) is 11.3. The highest BCUT2D eigenvalue weighted by Gasteiger charge is 2.10. The van der Waals surface area contributed by atoms with Gasteiger partial charge in [0.25, 0.3) is 0 Å². The molecule has 0 heterocycles. The van der Waals surface area contributed by atoms with Crippen LogP contribution in [-0.2, 0) is 0 Å². The number of carbonyl (C=O) groups is 1.